The lowest BCUT2D eigenvalue weighted by molar-refractivity contribution is -0.328. The van der Waals surface area contributed by atoms with Crippen molar-refractivity contribution in [2.24, 2.45) is 0 Å². The fraction of sp³-hybridized carbons (Fsp3) is 0.556. The van der Waals surface area contributed by atoms with E-state index in [9.17, 15) is 0 Å². The molecule has 142 valence electrons. The average Bonchev–Trinajstić information content (AvgIpc) is 3.11. The number of aromatic amines is 1. The Kier molecular flexibility index (Phi) is 4.50. The standard InChI is InChI=1S/C18H22N6O2S/c25-8-5-19-16-15-14(21-23-22-16)13-11-3-1-2-4-12(11)17(20-18(13)27-15)24-6-9-26-10-7-24/h25H,1-10H2,(H,19,21,22)/p+1. The number of morpholine rings is 1. The summed E-state index contributed by atoms with van der Waals surface area (Å²) in [6.45, 7) is 3.89. The van der Waals surface area contributed by atoms with Crippen LogP contribution in [0.4, 0.5) is 11.6 Å². The van der Waals surface area contributed by atoms with Crippen LogP contribution in [0.25, 0.3) is 20.4 Å². The Morgan fingerprint density at radius 3 is 2.78 bits per heavy atom. The predicted octanol–water partition coefficient (Wildman–Crippen LogP) is 1.17. The third-order valence-corrected chi connectivity index (χ3v) is 6.51. The molecule has 0 unspecified atom stereocenters. The van der Waals surface area contributed by atoms with Gasteiger partial charge in [0.05, 0.1) is 25.2 Å². The number of hydrogen-bond donors (Lipinski definition) is 2. The first-order valence-electron chi connectivity index (χ1n) is 9.57. The smallest absolute Gasteiger partial charge is 0.279 e. The van der Waals surface area contributed by atoms with Crippen molar-refractivity contribution in [3.8, 4) is 0 Å². The van der Waals surface area contributed by atoms with Crippen molar-refractivity contribution in [2.45, 2.75) is 25.7 Å². The molecule has 3 aromatic heterocycles. The Bertz CT molecular complexity index is 985. The van der Waals surface area contributed by atoms with Crippen molar-refractivity contribution in [1.82, 2.24) is 15.4 Å². The minimum absolute atomic E-state index is 0.0547. The number of ether oxygens (including phenoxy) is 1. The van der Waals surface area contributed by atoms with Crippen LogP contribution in [0.5, 0.6) is 0 Å². The first kappa shape index (κ1) is 17.0. The van der Waals surface area contributed by atoms with E-state index in [1.165, 1.54) is 35.2 Å². The Morgan fingerprint density at radius 1 is 1.15 bits per heavy atom. The van der Waals surface area contributed by atoms with Gasteiger partial charge in [-0.3, -0.25) is 4.90 Å². The van der Waals surface area contributed by atoms with Crippen molar-refractivity contribution >= 4 is 43.4 Å². The molecule has 5 rings (SSSR count). The molecular weight excluding hydrogens is 364 g/mol. The molecule has 1 saturated heterocycles. The van der Waals surface area contributed by atoms with Crippen LogP contribution in [-0.4, -0.2) is 60.0 Å². The molecule has 4 heterocycles. The zero-order valence-corrected chi connectivity index (χ0v) is 15.9. The summed E-state index contributed by atoms with van der Waals surface area (Å²) < 4.78 is 6.54. The molecule has 2 aliphatic rings. The molecule has 0 spiro atoms. The molecule has 0 saturated carbocycles. The van der Waals surface area contributed by atoms with E-state index in [1.54, 1.807) is 11.3 Å². The number of aromatic nitrogens is 4. The lowest BCUT2D eigenvalue weighted by Crippen LogP contribution is -2.40. The second kappa shape index (κ2) is 7.14. The van der Waals surface area contributed by atoms with Gasteiger partial charge in [-0.1, -0.05) is 11.3 Å². The minimum atomic E-state index is 0.0547. The van der Waals surface area contributed by atoms with Crippen LogP contribution in [0, 0.1) is 0 Å². The zero-order chi connectivity index (χ0) is 18.2. The summed E-state index contributed by atoms with van der Waals surface area (Å²) in [6.07, 6.45) is 4.61. The number of aliphatic hydroxyl groups is 1. The van der Waals surface area contributed by atoms with Gasteiger partial charge in [0.1, 0.15) is 23.3 Å². The molecule has 1 aliphatic heterocycles. The number of hydrogen-bond acceptors (Lipinski definition) is 8. The molecule has 9 heteroatoms. The van der Waals surface area contributed by atoms with Crippen molar-refractivity contribution in [2.75, 3.05) is 49.7 Å². The van der Waals surface area contributed by atoms with E-state index in [0.29, 0.717) is 12.4 Å². The maximum atomic E-state index is 9.13. The Morgan fingerprint density at radius 2 is 1.96 bits per heavy atom. The second-order valence-electron chi connectivity index (χ2n) is 7.01. The first-order valence-corrected chi connectivity index (χ1v) is 10.4. The number of aliphatic hydroxyl groups excluding tert-OH is 1. The van der Waals surface area contributed by atoms with Gasteiger partial charge in [-0.25, -0.2) is 4.98 Å². The second-order valence-corrected chi connectivity index (χ2v) is 8.03. The maximum Gasteiger partial charge on any atom is 0.279 e. The van der Waals surface area contributed by atoms with E-state index in [-0.39, 0.29) is 6.61 Å². The first-order chi connectivity index (χ1) is 13.4. The highest BCUT2D eigenvalue weighted by molar-refractivity contribution is 7.25. The normalized spacial score (nSPS) is 17.4. The highest BCUT2D eigenvalue weighted by Gasteiger charge is 2.30. The number of thiophene rings is 1. The van der Waals surface area contributed by atoms with Crippen LogP contribution >= 0.6 is 11.3 Å². The average molecular weight is 387 g/mol. The Balaban J connectivity index is 1.73. The number of fused-ring (bicyclic) bond motifs is 5. The van der Waals surface area contributed by atoms with Gasteiger partial charge in [0.15, 0.2) is 10.6 Å². The third-order valence-electron chi connectivity index (χ3n) is 5.41. The van der Waals surface area contributed by atoms with E-state index < -0.39 is 0 Å². The van der Waals surface area contributed by atoms with Crippen molar-refractivity contribution in [3.63, 3.8) is 0 Å². The monoisotopic (exact) mass is 387 g/mol. The highest BCUT2D eigenvalue weighted by Crippen LogP contribution is 2.40. The number of anilines is 2. The van der Waals surface area contributed by atoms with Gasteiger partial charge in [-0.15, -0.1) is 10.2 Å². The number of rotatable bonds is 4. The molecule has 0 bridgehead atoms. The summed E-state index contributed by atoms with van der Waals surface area (Å²) in [6, 6.07) is 0. The predicted molar refractivity (Wildman–Crippen MR) is 105 cm³/mol. The topological polar surface area (TPSA) is 97.5 Å². The number of H-pyrrole nitrogens is 1. The summed E-state index contributed by atoms with van der Waals surface area (Å²) in [7, 11) is 0. The fourth-order valence-corrected chi connectivity index (χ4v) is 5.30. The molecule has 27 heavy (non-hydrogen) atoms. The molecular formula is C18H23N6O2S+. The number of pyridine rings is 1. The molecule has 3 aromatic rings. The third kappa shape index (κ3) is 2.90. The van der Waals surface area contributed by atoms with Crippen molar-refractivity contribution in [1.29, 1.82) is 0 Å². The van der Waals surface area contributed by atoms with Crippen LogP contribution in [-0.2, 0) is 17.6 Å². The van der Waals surface area contributed by atoms with Gasteiger partial charge >= 0.3 is 0 Å². The van der Waals surface area contributed by atoms with E-state index in [0.717, 1.165) is 54.2 Å². The quantitative estimate of drug-likeness (QED) is 0.693. The molecule has 1 aliphatic carbocycles. The van der Waals surface area contributed by atoms with Crippen LogP contribution in [0.2, 0.25) is 0 Å². The summed E-state index contributed by atoms with van der Waals surface area (Å²) in [4.78, 5) is 7.26. The van der Waals surface area contributed by atoms with E-state index in [4.69, 9.17) is 9.84 Å². The summed E-state index contributed by atoms with van der Waals surface area (Å²) >= 11 is 1.67. The number of nitrogens with zero attached hydrogens (tertiary/aromatic N) is 4. The molecule has 0 atom stereocenters. The van der Waals surface area contributed by atoms with Crippen LogP contribution in [0.1, 0.15) is 24.0 Å². The van der Waals surface area contributed by atoms with E-state index in [1.807, 2.05) is 0 Å². The van der Waals surface area contributed by atoms with Gasteiger partial charge in [0.2, 0.25) is 0 Å². The molecule has 1 fully saturated rings. The maximum absolute atomic E-state index is 9.13. The van der Waals surface area contributed by atoms with Gasteiger partial charge in [0.25, 0.3) is 5.82 Å². The van der Waals surface area contributed by atoms with Gasteiger partial charge in [-0.05, 0) is 36.5 Å². The number of aryl methyl sites for hydroxylation is 1. The fourth-order valence-electron chi connectivity index (χ4n) is 4.18. The SMILES string of the molecule is OCCNc1nnnc2c1sc1[nH+]c(N3CCOCC3)c3c(c12)CCCC3. The van der Waals surface area contributed by atoms with E-state index in [2.05, 4.69) is 30.6 Å². The molecule has 8 nitrogen and oxygen atoms in total. The van der Waals surface area contributed by atoms with Crippen molar-refractivity contribution in [3.05, 3.63) is 11.1 Å². The zero-order valence-electron chi connectivity index (χ0n) is 15.1. The lowest BCUT2D eigenvalue weighted by Gasteiger charge is -2.25. The van der Waals surface area contributed by atoms with Crippen LogP contribution < -0.4 is 15.2 Å². The van der Waals surface area contributed by atoms with Crippen LogP contribution in [0.3, 0.4) is 0 Å². The minimum Gasteiger partial charge on any atom is -0.395 e. The van der Waals surface area contributed by atoms with Gasteiger partial charge in [-0.2, -0.15) is 0 Å². The summed E-state index contributed by atoms with van der Waals surface area (Å²) in [5.41, 5.74) is 3.75. The molecule has 0 radical (unpaired) electrons. The Hall–Kier alpha value is -2.10. The summed E-state index contributed by atoms with van der Waals surface area (Å²) in [5, 5.41) is 26.0. The molecule has 0 amide bonds. The largest absolute Gasteiger partial charge is 0.395 e. The van der Waals surface area contributed by atoms with Crippen molar-refractivity contribution < 1.29 is 14.8 Å². The summed E-state index contributed by atoms with van der Waals surface area (Å²) in [5.74, 6) is 1.94. The lowest BCUT2D eigenvalue weighted by atomic mass is 9.90. The number of nitrogens with one attached hydrogen (secondary N) is 2. The molecule has 0 aromatic carbocycles. The highest BCUT2D eigenvalue weighted by atomic mass is 32.1. The van der Waals surface area contributed by atoms with Crippen LogP contribution in [0.15, 0.2) is 0 Å². The van der Waals surface area contributed by atoms with Gasteiger partial charge < -0.3 is 15.2 Å². The molecule has 3 N–H and O–H groups in total. The van der Waals surface area contributed by atoms with E-state index >= 15 is 0 Å². The Labute approximate surface area is 160 Å². The van der Waals surface area contributed by atoms with Gasteiger partial charge in [0, 0.05) is 12.1 Å².